The zero-order valence-corrected chi connectivity index (χ0v) is 18.7. The van der Waals surface area contributed by atoms with Crippen LogP contribution in [-0.2, 0) is 15.6 Å². The molecule has 0 aliphatic rings. The molecule has 0 radical (unpaired) electrons. The zero-order chi connectivity index (χ0) is 23.7. The van der Waals surface area contributed by atoms with Crippen LogP contribution >= 0.6 is 0 Å². The number of primary amides is 1. The molecule has 3 heterocycles. The van der Waals surface area contributed by atoms with Crippen LogP contribution in [0.15, 0.2) is 60.0 Å². The standard InChI is InChI=1S/C22H21N7O3S/c1-28(12-20(24)30)21(31)13-3-4-16-18(7-13)29(11-19(16)33(2)32)22-26-9-14(10-27-22)17-8-15(23)5-6-25-17/h3-11H,12H2,1-2H3,(H2,23,25)(H2,24,30). The molecule has 0 aliphatic carbocycles. The summed E-state index contributed by atoms with van der Waals surface area (Å²) in [6, 6.07) is 8.42. The molecule has 33 heavy (non-hydrogen) atoms. The van der Waals surface area contributed by atoms with Crippen molar-refractivity contribution < 1.29 is 13.8 Å². The number of hydrogen-bond acceptors (Lipinski definition) is 7. The molecule has 4 aromatic rings. The summed E-state index contributed by atoms with van der Waals surface area (Å²) in [5.74, 6) is -0.645. The van der Waals surface area contributed by atoms with Gasteiger partial charge < -0.3 is 16.4 Å². The molecule has 4 N–H and O–H groups in total. The Morgan fingerprint density at radius 3 is 2.48 bits per heavy atom. The van der Waals surface area contributed by atoms with Crippen LogP contribution in [0, 0.1) is 0 Å². The fraction of sp³-hybridized carbons (Fsp3) is 0.136. The topological polar surface area (TPSA) is 150 Å². The van der Waals surface area contributed by atoms with E-state index in [-0.39, 0.29) is 12.5 Å². The number of pyridine rings is 1. The third-order valence-corrected chi connectivity index (χ3v) is 5.94. The van der Waals surface area contributed by atoms with Crippen LogP contribution in [-0.4, -0.2) is 60.3 Å². The average Bonchev–Trinajstić information content (AvgIpc) is 3.17. The molecule has 0 fully saturated rings. The van der Waals surface area contributed by atoms with Crippen molar-refractivity contribution in [1.29, 1.82) is 0 Å². The summed E-state index contributed by atoms with van der Waals surface area (Å²) in [5.41, 5.74) is 13.9. The molecule has 1 atom stereocenters. The van der Waals surface area contributed by atoms with Crippen LogP contribution in [0.5, 0.6) is 0 Å². The van der Waals surface area contributed by atoms with Crippen LogP contribution in [0.1, 0.15) is 10.4 Å². The normalized spacial score (nSPS) is 11.9. The number of rotatable bonds is 6. The molecule has 11 heteroatoms. The number of likely N-dealkylation sites (N-methyl/N-ethyl adjacent to an activating group) is 1. The average molecular weight is 464 g/mol. The Morgan fingerprint density at radius 1 is 1.12 bits per heavy atom. The molecule has 168 valence electrons. The van der Waals surface area contributed by atoms with Crippen LogP contribution in [0.2, 0.25) is 0 Å². The first-order chi connectivity index (χ1) is 15.7. The van der Waals surface area contributed by atoms with E-state index in [0.717, 1.165) is 0 Å². The lowest BCUT2D eigenvalue weighted by molar-refractivity contribution is -0.118. The van der Waals surface area contributed by atoms with Crippen molar-refractivity contribution in [2.45, 2.75) is 4.90 Å². The van der Waals surface area contributed by atoms with Crippen molar-refractivity contribution >= 4 is 39.2 Å². The van der Waals surface area contributed by atoms with E-state index in [1.807, 2.05) is 0 Å². The van der Waals surface area contributed by atoms with Crippen molar-refractivity contribution in [2.75, 3.05) is 25.6 Å². The highest BCUT2D eigenvalue weighted by Gasteiger charge is 2.19. The summed E-state index contributed by atoms with van der Waals surface area (Å²) < 4.78 is 14.0. The van der Waals surface area contributed by atoms with Crippen LogP contribution in [0.25, 0.3) is 28.1 Å². The van der Waals surface area contributed by atoms with Gasteiger partial charge in [-0.3, -0.25) is 23.3 Å². The molecule has 10 nitrogen and oxygen atoms in total. The maximum absolute atomic E-state index is 12.7. The maximum atomic E-state index is 12.7. The number of nitrogen functional groups attached to an aromatic ring is 1. The monoisotopic (exact) mass is 463 g/mol. The fourth-order valence-corrected chi connectivity index (χ4v) is 4.17. The van der Waals surface area contributed by atoms with Crippen LogP contribution < -0.4 is 11.5 Å². The quantitative estimate of drug-likeness (QED) is 0.438. The van der Waals surface area contributed by atoms with Gasteiger partial charge in [0.2, 0.25) is 11.9 Å². The van der Waals surface area contributed by atoms with Crippen molar-refractivity contribution in [2.24, 2.45) is 5.73 Å². The van der Waals surface area contributed by atoms with Crippen molar-refractivity contribution in [3.63, 3.8) is 0 Å². The minimum Gasteiger partial charge on any atom is -0.399 e. The van der Waals surface area contributed by atoms with E-state index < -0.39 is 16.7 Å². The largest absolute Gasteiger partial charge is 0.399 e. The van der Waals surface area contributed by atoms with Gasteiger partial charge >= 0.3 is 0 Å². The number of nitrogens with two attached hydrogens (primary N) is 2. The number of carbonyl (C=O) groups is 2. The Morgan fingerprint density at radius 2 is 1.85 bits per heavy atom. The molecule has 0 saturated carbocycles. The van der Waals surface area contributed by atoms with E-state index in [1.165, 1.54) is 11.9 Å². The van der Waals surface area contributed by atoms with Crippen molar-refractivity contribution in [1.82, 2.24) is 24.4 Å². The van der Waals surface area contributed by atoms with Crippen molar-refractivity contribution in [3.05, 3.63) is 60.7 Å². The second-order valence-electron chi connectivity index (χ2n) is 7.42. The predicted molar refractivity (Wildman–Crippen MR) is 125 cm³/mol. The number of aromatic nitrogens is 4. The van der Waals surface area contributed by atoms with Gasteiger partial charge in [0.1, 0.15) is 0 Å². The van der Waals surface area contributed by atoms with Gasteiger partial charge in [0.05, 0.1) is 33.5 Å². The number of benzene rings is 1. The first-order valence-electron chi connectivity index (χ1n) is 9.81. The molecular formula is C22H21N7O3S. The Labute approximate surface area is 191 Å². The minimum absolute atomic E-state index is 0.204. The number of carbonyl (C=O) groups excluding carboxylic acids is 2. The van der Waals surface area contributed by atoms with E-state index in [2.05, 4.69) is 15.0 Å². The Kier molecular flexibility index (Phi) is 5.88. The number of anilines is 1. The highest BCUT2D eigenvalue weighted by molar-refractivity contribution is 7.84. The predicted octanol–water partition coefficient (Wildman–Crippen LogP) is 1.36. The summed E-state index contributed by atoms with van der Waals surface area (Å²) in [4.78, 5) is 38.9. The summed E-state index contributed by atoms with van der Waals surface area (Å²) >= 11 is 0. The Bertz CT molecular complexity index is 1400. The highest BCUT2D eigenvalue weighted by atomic mass is 32.2. The first kappa shape index (κ1) is 22.1. The lowest BCUT2D eigenvalue weighted by Crippen LogP contribution is -2.35. The second-order valence-corrected chi connectivity index (χ2v) is 8.77. The molecule has 1 aromatic carbocycles. The summed E-state index contributed by atoms with van der Waals surface area (Å²) in [6.07, 6.45) is 8.11. The van der Waals surface area contributed by atoms with Gasteiger partial charge in [-0.05, 0) is 24.3 Å². The number of fused-ring (bicyclic) bond motifs is 1. The molecule has 0 bridgehead atoms. The van der Waals surface area contributed by atoms with E-state index in [4.69, 9.17) is 11.5 Å². The SMILES string of the molecule is CN(CC(N)=O)C(=O)c1ccc2c(S(C)=O)cn(-c3ncc(-c4cc(N)ccn4)cn3)c2c1. The van der Waals surface area contributed by atoms with Crippen molar-refractivity contribution in [3.8, 4) is 17.2 Å². The molecule has 2 amide bonds. The highest BCUT2D eigenvalue weighted by Crippen LogP contribution is 2.28. The van der Waals surface area contributed by atoms with Gasteiger partial charge in [-0.2, -0.15) is 0 Å². The number of amides is 2. The lowest BCUT2D eigenvalue weighted by Gasteiger charge is -2.15. The fourth-order valence-electron chi connectivity index (χ4n) is 3.43. The van der Waals surface area contributed by atoms with Crippen LogP contribution in [0.3, 0.4) is 0 Å². The van der Waals surface area contributed by atoms with E-state index in [0.29, 0.717) is 44.3 Å². The number of hydrogen-bond donors (Lipinski definition) is 2. The van der Waals surface area contributed by atoms with Gasteiger partial charge in [0.25, 0.3) is 5.91 Å². The van der Waals surface area contributed by atoms with Crippen LogP contribution in [0.4, 0.5) is 5.69 Å². The molecule has 1 unspecified atom stereocenters. The number of nitrogens with zero attached hydrogens (tertiary/aromatic N) is 5. The van der Waals surface area contributed by atoms with E-state index in [9.17, 15) is 13.8 Å². The summed E-state index contributed by atoms with van der Waals surface area (Å²) in [7, 11) is 0.211. The van der Waals surface area contributed by atoms with Gasteiger partial charge in [-0.1, -0.05) is 6.07 Å². The first-order valence-corrected chi connectivity index (χ1v) is 11.4. The third kappa shape index (κ3) is 4.44. The molecule has 4 rings (SSSR count). The maximum Gasteiger partial charge on any atom is 0.254 e. The molecule has 0 spiro atoms. The minimum atomic E-state index is -1.28. The molecule has 0 aliphatic heterocycles. The zero-order valence-electron chi connectivity index (χ0n) is 17.9. The molecular weight excluding hydrogens is 442 g/mol. The van der Waals surface area contributed by atoms with E-state index in [1.54, 1.807) is 65.9 Å². The third-order valence-electron chi connectivity index (χ3n) is 5.00. The summed E-state index contributed by atoms with van der Waals surface area (Å²) in [6.45, 7) is -0.204. The summed E-state index contributed by atoms with van der Waals surface area (Å²) in [5, 5.41) is 0.704. The lowest BCUT2D eigenvalue weighted by atomic mass is 10.1. The second kappa shape index (κ2) is 8.79. The van der Waals surface area contributed by atoms with E-state index >= 15 is 0 Å². The Balaban J connectivity index is 1.78. The Hall–Kier alpha value is -4.12. The molecule has 0 saturated heterocycles. The van der Waals surface area contributed by atoms with Gasteiger partial charge in [0, 0.05) is 60.3 Å². The smallest absolute Gasteiger partial charge is 0.254 e. The van der Waals surface area contributed by atoms with Gasteiger partial charge in [0.15, 0.2) is 0 Å². The molecule has 3 aromatic heterocycles. The van der Waals surface area contributed by atoms with Gasteiger partial charge in [-0.25, -0.2) is 9.97 Å². The van der Waals surface area contributed by atoms with Gasteiger partial charge in [-0.15, -0.1) is 0 Å².